The quantitative estimate of drug-likeness (QED) is 0.712. The Morgan fingerprint density at radius 2 is 1.74 bits per heavy atom. The van der Waals surface area contributed by atoms with Crippen LogP contribution in [0.25, 0.3) is 0 Å². The van der Waals surface area contributed by atoms with Gasteiger partial charge in [0.25, 0.3) is 0 Å². The largest absolute Gasteiger partial charge is 0.508 e. The van der Waals surface area contributed by atoms with Gasteiger partial charge < -0.3 is 29.2 Å². The Balaban J connectivity index is 1.67. The molecule has 0 saturated heterocycles. The second kappa shape index (κ2) is 8.23. The van der Waals surface area contributed by atoms with Gasteiger partial charge in [-0.3, -0.25) is 0 Å². The van der Waals surface area contributed by atoms with Crippen LogP contribution < -0.4 is 9.47 Å². The predicted molar refractivity (Wildman–Crippen MR) is 101 cm³/mol. The zero-order chi connectivity index (χ0) is 19.6. The fourth-order valence-corrected chi connectivity index (χ4v) is 3.58. The maximum Gasteiger partial charge on any atom is 0.231 e. The molecule has 1 aliphatic heterocycles. The van der Waals surface area contributed by atoms with Gasteiger partial charge in [-0.1, -0.05) is 13.8 Å². The van der Waals surface area contributed by atoms with Crippen molar-refractivity contribution < 1.29 is 29.2 Å². The van der Waals surface area contributed by atoms with E-state index in [1.54, 1.807) is 20.3 Å². The lowest BCUT2D eigenvalue weighted by molar-refractivity contribution is 0.120. The molecule has 1 aromatic rings. The molecule has 0 saturated carbocycles. The molecule has 0 fully saturated rings. The first-order chi connectivity index (χ1) is 12.9. The lowest BCUT2D eigenvalue weighted by Crippen LogP contribution is -2.25. The lowest BCUT2D eigenvalue weighted by atomic mass is 9.82. The zero-order valence-electron chi connectivity index (χ0n) is 16.3. The number of ether oxygens (including phenoxy) is 4. The van der Waals surface area contributed by atoms with Crippen LogP contribution in [0.2, 0.25) is 0 Å². The van der Waals surface area contributed by atoms with Gasteiger partial charge in [-0.25, -0.2) is 0 Å². The van der Waals surface area contributed by atoms with Crippen molar-refractivity contribution in [3.8, 4) is 17.2 Å². The van der Waals surface area contributed by atoms with Crippen LogP contribution in [0.5, 0.6) is 17.2 Å². The topological polar surface area (TPSA) is 77.4 Å². The Kier molecular flexibility index (Phi) is 5.97. The maximum atomic E-state index is 10.3. The molecule has 6 nitrogen and oxygen atoms in total. The van der Waals surface area contributed by atoms with Gasteiger partial charge in [0.05, 0.1) is 13.2 Å². The van der Waals surface area contributed by atoms with Gasteiger partial charge in [0.15, 0.2) is 11.5 Å². The highest BCUT2D eigenvalue weighted by Gasteiger charge is 2.26. The monoisotopic (exact) mass is 376 g/mol. The van der Waals surface area contributed by atoms with Crippen molar-refractivity contribution in [2.45, 2.75) is 38.9 Å². The maximum absolute atomic E-state index is 10.3. The van der Waals surface area contributed by atoms with Gasteiger partial charge in [0, 0.05) is 13.2 Å². The summed E-state index contributed by atoms with van der Waals surface area (Å²) in [6, 6.07) is 3.48. The number of fused-ring (bicyclic) bond motifs is 1. The Hall–Kier alpha value is -2.18. The highest BCUT2D eigenvalue weighted by Crippen LogP contribution is 2.39. The van der Waals surface area contributed by atoms with Gasteiger partial charge in [-0.05, 0) is 54.0 Å². The minimum atomic E-state index is -0.739. The van der Waals surface area contributed by atoms with Crippen molar-refractivity contribution in [3.63, 3.8) is 0 Å². The molecule has 1 heterocycles. The fraction of sp³-hybridized carbons (Fsp3) is 0.524. The van der Waals surface area contributed by atoms with Gasteiger partial charge in [-0.2, -0.15) is 0 Å². The molecule has 3 rings (SSSR count). The number of methoxy groups -OCH3 is 2. The molecular formula is C21H28O6. The standard InChI is InChI=1S/C21H28O6/c1-12(5-14-8-20-21(9-16(14)22)27-11-26-20)13(2)6-15-7-17(23)19(25-4)10-18(15)24-3/h7-10,12-13,17-18,22-23H,5-6,11H2,1-4H3/t12-,13+,17?,18?/m1/s1. The van der Waals surface area contributed by atoms with E-state index in [-0.39, 0.29) is 18.6 Å². The number of hydrogen-bond acceptors (Lipinski definition) is 6. The minimum absolute atomic E-state index is 0.191. The molecule has 1 aromatic carbocycles. The summed E-state index contributed by atoms with van der Waals surface area (Å²) in [6.07, 6.45) is 4.20. The lowest BCUT2D eigenvalue weighted by Gasteiger charge is -2.28. The summed E-state index contributed by atoms with van der Waals surface area (Å²) in [4.78, 5) is 0. The van der Waals surface area contributed by atoms with Crippen LogP contribution in [-0.4, -0.2) is 43.4 Å². The highest BCUT2D eigenvalue weighted by molar-refractivity contribution is 5.51. The summed E-state index contributed by atoms with van der Waals surface area (Å²) in [7, 11) is 3.20. The van der Waals surface area contributed by atoms with Gasteiger partial charge in [0.1, 0.15) is 17.6 Å². The molecule has 0 bridgehead atoms. The Bertz CT molecular complexity index is 738. The van der Waals surface area contributed by atoms with Crippen LogP contribution in [0.3, 0.4) is 0 Å². The van der Waals surface area contributed by atoms with Crippen LogP contribution in [0.1, 0.15) is 25.8 Å². The smallest absolute Gasteiger partial charge is 0.231 e. The SMILES string of the molecule is COC1=CC(OC)C(C[C@H](C)[C@H](C)Cc2cc3c(cc2O)OCO3)=CC1O. The zero-order valence-corrected chi connectivity index (χ0v) is 16.3. The second-order valence-corrected chi connectivity index (χ2v) is 7.31. The number of aliphatic hydroxyl groups excluding tert-OH is 1. The van der Waals surface area contributed by atoms with Crippen molar-refractivity contribution in [2.24, 2.45) is 11.8 Å². The van der Waals surface area contributed by atoms with E-state index in [2.05, 4.69) is 13.8 Å². The number of phenols is 1. The summed E-state index contributed by atoms with van der Waals surface area (Å²) in [5, 5.41) is 20.5. The van der Waals surface area contributed by atoms with E-state index in [4.69, 9.17) is 18.9 Å². The molecule has 0 aromatic heterocycles. The molecule has 27 heavy (non-hydrogen) atoms. The molecule has 0 amide bonds. The number of rotatable bonds is 7. The second-order valence-electron chi connectivity index (χ2n) is 7.31. The van der Waals surface area contributed by atoms with Gasteiger partial charge >= 0.3 is 0 Å². The molecule has 6 heteroatoms. The summed E-state index contributed by atoms with van der Waals surface area (Å²) in [5.74, 6) is 2.63. The first kappa shape index (κ1) is 19.6. The molecular weight excluding hydrogens is 348 g/mol. The number of hydrogen-bond donors (Lipinski definition) is 2. The average molecular weight is 376 g/mol. The molecule has 0 radical (unpaired) electrons. The third-order valence-electron chi connectivity index (χ3n) is 5.48. The molecule has 148 valence electrons. The minimum Gasteiger partial charge on any atom is -0.508 e. The van der Waals surface area contributed by atoms with Crippen molar-refractivity contribution >= 4 is 0 Å². The highest BCUT2D eigenvalue weighted by atomic mass is 16.7. The van der Waals surface area contributed by atoms with E-state index in [1.165, 1.54) is 0 Å². The van der Waals surface area contributed by atoms with Crippen molar-refractivity contribution in [1.29, 1.82) is 0 Å². The fourth-order valence-electron chi connectivity index (χ4n) is 3.58. The summed E-state index contributed by atoms with van der Waals surface area (Å²) in [5.41, 5.74) is 1.89. The van der Waals surface area contributed by atoms with Gasteiger partial charge in [-0.15, -0.1) is 0 Å². The van der Waals surface area contributed by atoms with Crippen LogP contribution >= 0.6 is 0 Å². The summed E-state index contributed by atoms with van der Waals surface area (Å²) in [6.45, 7) is 4.52. The first-order valence-electron chi connectivity index (χ1n) is 9.21. The molecule has 2 N–H and O–H groups in total. The van der Waals surface area contributed by atoms with E-state index in [1.807, 2.05) is 18.2 Å². The Labute approximate surface area is 160 Å². The molecule has 1 aliphatic carbocycles. The van der Waals surface area contributed by atoms with Crippen LogP contribution in [0, 0.1) is 11.8 Å². The van der Waals surface area contributed by atoms with Crippen molar-refractivity contribution in [2.75, 3.05) is 21.0 Å². The number of benzene rings is 1. The van der Waals surface area contributed by atoms with E-state index in [0.29, 0.717) is 29.1 Å². The van der Waals surface area contributed by atoms with Crippen LogP contribution in [-0.2, 0) is 15.9 Å². The van der Waals surface area contributed by atoms with Crippen molar-refractivity contribution in [1.82, 2.24) is 0 Å². The average Bonchev–Trinajstić information content (AvgIpc) is 3.09. The number of phenolic OH excluding ortho intramolecular Hbond substituents is 1. The summed E-state index contributed by atoms with van der Waals surface area (Å²) < 4.78 is 21.5. The van der Waals surface area contributed by atoms with Crippen LogP contribution in [0.15, 0.2) is 35.6 Å². The number of aliphatic hydroxyl groups is 1. The Morgan fingerprint density at radius 3 is 2.41 bits per heavy atom. The van der Waals surface area contributed by atoms with E-state index in [0.717, 1.165) is 24.0 Å². The molecule has 4 atom stereocenters. The van der Waals surface area contributed by atoms with E-state index < -0.39 is 6.10 Å². The summed E-state index contributed by atoms with van der Waals surface area (Å²) >= 11 is 0. The molecule has 2 aliphatic rings. The van der Waals surface area contributed by atoms with Crippen molar-refractivity contribution in [3.05, 3.63) is 41.2 Å². The molecule has 0 spiro atoms. The predicted octanol–water partition coefficient (Wildman–Crippen LogP) is 3.17. The third-order valence-corrected chi connectivity index (χ3v) is 5.48. The Morgan fingerprint density at radius 1 is 1.07 bits per heavy atom. The third kappa shape index (κ3) is 4.22. The van der Waals surface area contributed by atoms with Crippen LogP contribution in [0.4, 0.5) is 0 Å². The normalized spacial score (nSPS) is 23.4. The first-order valence-corrected chi connectivity index (χ1v) is 9.21. The van der Waals surface area contributed by atoms with Gasteiger partial charge in [0.2, 0.25) is 6.79 Å². The van der Waals surface area contributed by atoms with E-state index >= 15 is 0 Å². The number of aromatic hydroxyl groups is 1. The molecule has 2 unspecified atom stereocenters. The van der Waals surface area contributed by atoms with E-state index in [9.17, 15) is 10.2 Å².